The fraction of sp³-hybridized carbons (Fsp3) is 0.357. The number of aromatic nitrogens is 4. The summed E-state index contributed by atoms with van der Waals surface area (Å²) in [5.41, 5.74) is 1.66. The smallest absolute Gasteiger partial charge is 0.229 e. The van der Waals surface area contributed by atoms with Gasteiger partial charge in [0, 0.05) is 29.3 Å². The summed E-state index contributed by atoms with van der Waals surface area (Å²) in [5, 5.41) is 14.3. The Morgan fingerprint density at radius 3 is 2.95 bits per heavy atom. The number of hydrogen-bond donors (Lipinski definition) is 1. The molecule has 0 spiro atoms. The van der Waals surface area contributed by atoms with E-state index in [0.29, 0.717) is 18.3 Å². The zero-order chi connectivity index (χ0) is 14.1. The van der Waals surface area contributed by atoms with Crippen LogP contribution in [0.5, 0.6) is 0 Å². The first kappa shape index (κ1) is 12.8. The van der Waals surface area contributed by atoms with E-state index < -0.39 is 0 Å². The highest BCUT2D eigenvalue weighted by atomic mass is 16.5. The minimum Gasteiger partial charge on any atom is -0.392 e. The topological polar surface area (TPSA) is 77.0 Å². The molecule has 3 aromatic heterocycles. The summed E-state index contributed by atoms with van der Waals surface area (Å²) in [5.74, 6) is 1.45. The number of nitrogens with zero attached hydrogens (tertiary/aromatic N) is 4. The van der Waals surface area contributed by atoms with Crippen LogP contribution in [0, 0.1) is 0 Å². The maximum atomic E-state index is 9.40. The van der Waals surface area contributed by atoms with Gasteiger partial charge in [0.15, 0.2) is 5.82 Å². The van der Waals surface area contributed by atoms with E-state index in [2.05, 4.69) is 15.1 Å². The molecular formula is C14H16N4O2. The number of pyridine rings is 1. The van der Waals surface area contributed by atoms with Crippen molar-refractivity contribution in [2.75, 3.05) is 0 Å². The van der Waals surface area contributed by atoms with Crippen molar-refractivity contribution in [2.45, 2.75) is 32.9 Å². The molecule has 3 heterocycles. The molecule has 0 fully saturated rings. The fourth-order valence-electron chi connectivity index (χ4n) is 2.16. The second-order valence-corrected chi connectivity index (χ2v) is 5.02. The lowest BCUT2D eigenvalue weighted by Gasteiger charge is -1.99. The SMILES string of the molecule is CC(C)c1nc(Cn2cc(CO)c3cccnc32)no1. The Kier molecular flexibility index (Phi) is 3.23. The molecule has 0 aromatic carbocycles. The van der Waals surface area contributed by atoms with Crippen LogP contribution in [-0.4, -0.2) is 24.8 Å². The predicted octanol–water partition coefficient (Wildman–Crippen LogP) is 2.08. The fourth-order valence-corrected chi connectivity index (χ4v) is 2.16. The van der Waals surface area contributed by atoms with Gasteiger partial charge >= 0.3 is 0 Å². The Bertz CT molecular complexity index is 730. The van der Waals surface area contributed by atoms with Crippen LogP contribution in [0.4, 0.5) is 0 Å². The lowest BCUT2D eigenvalue weighted by Crippen LogP contribution is -2.01. The molecule has 0 aliphatic rings. The van der Waals surface area contributed by atoms with Crippen molar-refractivity contribution in [3.63, 3.8) is 0 Å². The Balaban J connectivity index is 1.97. The van der Waals surface area contributed by atoms with Crippen LogP contribution in [0.2, 0.25) is 0 Å². The highest BCUT2D eigenvalue weighted by Crippen LogP contribution is 2.20. The van der Waals surface area contributed by atoms with Gasteiger partial charge in [-0.15, -0.1) is 0 Å². The minimum atomic E-state index is -0.0152. The van der Waals surface area contributed by atoms with E-state index in [-0.39, 0.29) is 12.5 Å². The number of fused-ring (bicyclic) bond motifs is 1. The lowest BCUT2D eigenvalue weighted by molar-refractivity contribution is 0.283. The van der Waals surface area contributed by atoms with Crippen LogP contribution in [0.25, 0.3) is 11.0 Å². The van der Waals surface area contributed by atoms with Gasteiger partial charge in [-0.3, -0.25) is 0 Å². The molecular weight excluding hydrogens is 256 g/mol. The van der Waals surface area contributed by atoms with E-state index in [0.717, 1.165) is 16.6 Å². The van der Waals surface area contributed by atoms with Crippen molar-refractivity contribution in [1.82, 2.24) is 19.7 Å². The van der Waals surface area contributed by atoms with Crippen LogP contribution in [0.1, 0.15) is 37.0 Å². The monoisotopic (exact) mass is 272 g/mol. The molecule has 0 aliphatic carbocycles. The third kappa shape index (κ3) is 2.18. The van der Waals surface area contributed by atoms with Gasteiger partial charge in [0.05, 0.1) is 13.2 Å². The molecule has 6 nitrogen and oxygen atoms in total. The Hall–Kier alpha value is -2.21. The molecule has 1 N–H and O–H groups in total. The first-order valence-corrected chi connectivity index (χ1v) is 6.55. The van der Waals surface area contributed by atoms with E-state index in [4.69, 9.17) is 4.52 Å². The van der Waals surface area contributed by atoms with Gasteiger partial charge in [-0.1, -0.05) is 19.0 Å². The van der Waals surface area contributed by atoms with Crippen molar-refractivity contribution in [1.29, 1.82) is 0 Å². The van der Waals surface area contributed by atoms with Gasteiger partial charge in [-0.2, -0.15) is 4.98 Å². The molecule has 3 rings (SSSR count). The number of hydrogen-bond acceptors (Lipinski definition) is 5. The summed E-state index contributed by atoms with van der Waals surface area (Å²) in [6.45, 7) is 4.48. The summed E-state index contributed by atoms with van der Waals surface area (Å²) < 4.78 is 7.13. The maximum Gasteiger partial charge on any atom is 0.229 e. The predicted molar refractivity (Wildman–Crippen MR) is 73.1 cm³/mol. The van der Waals surface area contributed by atoms with Crippen LogP contribution in [0.15, 0.2) is 29.0 Å². The van der Waals surface area contributed by atoms with Gasteiger partial charge in [-0.25, -0.2) is 4.98 Å². The molecule has 0 radical (unpaired) electrons. The van der Waals surface area contributed by atoms with Crippen LogP contribution < -0.4 is 0 Å². The summed E-state index contributed by atoms with van der Waals surface area (Å²) in [4.78, 5) is 8.71. The van der Waals surface area contributed by atoms with E-state index in [1.807, 2.05) is 36.7 Å². The average molecular weight is 272 g/mol. The summed E-state index contributed by atoms with van der Waals surface area (Å²) >= 11 is 0. The van der Waals surface area contributed by atoms with Crippen LogP contribution in [0.3, 0.4) is 0 Å². The normalized spacial score (nSPS) is 11.6. The highest BCUT2D eigenvalue weighted by molar-refractivity contribution is 5.80. The van der Waals surface area contributed by atoms with Gasteiger partial charge < -0.3 is 14.2 Å². The first-order chi connectivity index (χ1) is 9.69. The van der Waals surface area contributed by atoms with Crippen LogP contribution in [-0.2, 0) is 13.2 Å². The maximum absolute atomic E-state index is 9.40. The highest BCUT2D eigenvalue weighted by Gasteiger charge is 2.13. The molecule has 20 heavy (non-hydrogen) atoms. The molecule has 0 saturated heterocycles. The Morgan fingerprint density at radius 1 is 1.40 bits per heavy atom. The molecule has 0 saturated carbocycles. The summed E-state index contributed by atoms with van der Waals surface area (Å²) in [7, 11) is 0. The van der Waals surface area contributed by atoms with Crippen molar-refractivity contribution < 1.29 is 9.63 Å². The number of aliphatic hydroxyl groups excluding tert-OH is 1. The van der Waals surface area contributed by atoms with Crippen LogP contribution >= 0.6 is 0 Å². The van der Waals surface area contributed by atoms with Gasteiger partial charge in [0.1, 0.15) is 5.65 Å². The van der Waals surface area contributed by atoms with Crippen molar-refractivity contribution in [3.8, 4) is 0 Å². The molecule has 0 atom stereocenters. The zero-order valence-electron chi connectivity index (χ0n) is 11.4. The van der Waals surface area contributed by atoms with E-state index in [9.17, 15) is 5.11 Å². The number of rotatable bonds is 4. The molecule has 0 bridgehead atoms. The first-order valence-electron chi connectivity index (χ1n) is 6.55. The van der Waals surface area contributed by atoms with Crippen molar-refractivity contribution in [2.24, 2.45) is 0 Å². The second kappa shape index (κ2) is 5.05. The molecule has 0 aliphatic heterocycles. The molecule has 0 unspecified atom stereocenters. The summed E-state index contributed by atoms with van der Waals surface area (Å²) in [6.07, 6.45) is 3.61. The Labute approximate surface area is 116 Å². The second-order valence-electron chi connectivity index (χ2n) is 5.02. The van der Waals surface area contributed by atoms with E-state index in [1.54, 1.807) is 6.20 Å². The minimum absolute atomic E-state index is 0.0152. The largest absolute Gasteiger partial charge is 0.392 e. The van der Waals surface area contributed by atoms with Crippen molar-refractivity contribution >= 4 is 11.0 Å². The van der Waals surface area contributed by atoms with Gasteiger partial charge in [-0.05, 0) is 12.1 Å². The Morgan fingerprint density at radius 2 is 2.25 bits per heavy atom. The molecule has 0 amide bonds. The quantitative estimate of drug-likeness (QED) is 0.786. The van der Waals surface area contributed by atoms with E-state index >= 15 is 0 Å². The lowest BCUT2D eigenvalue weighted by atomic mass is 10.2. The third-order valence-corrected chi connectivity index (χ3v) is 3.18. The molecule has 104 valence electrons. The average Bonchev–Trinajstić information content (AvgIpc) is 3.05. The standard InChI is InChI=1S/C14H16N4O2/c1-9(2)14-16-12(17-20-14)7-18-6-10(8-19)11-4-3-5-15-13(11)18/h3-6,9,19H,7-8H2,1-2H3. The van der Waals surface area contributed by atoms with E-state index in [1.165, 1.54) is 0 Å². The van der Waals surface area contributed by atoms with Gasteiger partial charge in [0.25, 0.3) is 0 Å². The molecule has 6 heteroatoms. The molecule has 3 aromatic rings. The van der Waals surface area contributed by atoms with Gasteiger partial charge in [0.2, 0.25) is 5.89 Å². The van der Waals surface area contributed by atoms with Crippen molar-refractivity contribution in [3.05, 3.63) is 41.8 Å². The number of aliphatic hydroxyl groups is 1. The third-order valence-electron chi connectivity index (χ3n) is 3.18. The zero-order valence-corrected chi connectivity index (χ0v) is 11.4. The summed E-state index contributed by atoms with van der Waals surface area (Å²) in [6, 6.07) is 3.80.